The summed E-state index contributed by atoms with van der Waals surface area (Å²) in [6, 6.07) is 7.37. The first kappa shape index (κ1) is 10.2. The second kappa shape index (κ2) is 4.43. The summed E-state index contributed by atoms with van der Waals surface area (Å²) >= 11 is 2.20. The molecule has 0 atom stereocenters. The Balaban J connectivity index is 2.11. The fraction of sp³-hybridized carbons (Fsp3) is 0. The summed E-state index contributed by atoms with van der Waals surface area (Å²) in [5, 5.41) is 9.09. The standard InChI is InChI=1S/C10H8IN3O/c11-8-3-1-7(2-4-8)10(15)14-9-5-12-13-6-9/h1-6H,(H,12,13)(H,14,15). The van der Waals surface area contributed by atoms with E-state index < -0.39 is 0 Å². The molecule has 2 rings (SSSR count). The van der Waals surface area contributed by atoms with Gasteiger partial charge >= 0.3 is 0 Å². The molecule has 1 aromatic carbocycles. The van der Waals surface area contributed by atoms with Gasteiger partial charge in [-0.3, -0.25) is 9.89 Å². The molecule has 4 nitrogen and oxygen atoms in total. The van der Waals surface area contributed by atoms with Crippen LogP contribution in [-0.2, 0) is 0 Å². The summed E-state index contributed by atoms with van der Waals surface area (Å²) in [6.07, 6.45) is 3.19. The van der Waals surface area contributed by atoms with Crippen molar-refractivity contribution in [1.82, 2.24) is 10.2 Å². The lowest BCUT2D eigenvalue weighted by atomic mass is 10.2. The minimum atomic E-state index is -0.132. The van der Waals surface area contributed by atoms with Gasteiger partial charge in [0.2, 0.25) is 0 Å². The number of aromatic nitrogens is 2. The topological polar surface area (TPSA) is 57.8 Å². The maximum Gasteiger partial charge on any atom is 0.255 e. The molecule has 0 fully saturated rings. The lowest BCUT2D eigenvalue weighted by Crippen LogP contribution is -2.11. The van der Waals surface area contributed by atoms with Gasteiger partial charge in [0.15, 0.2) is 0 Å². The molecule has 0 spiro atoms. The van der Waals surface area contributed by atoms with Gasteiger partial charge in [-0.25, -0.2) is 0 Å². The predicted molar refractivity (Wildman–Crippen MR) is 65.7 cm³/mol. The van der Waals surface area contributed by atoms with Crippen LogP contribution in [0.25, 0.3) is 0 Å². The third-order valence-electron chi connectivity index (χ3n) is 1.86. The third kappa shape index (κ3) is 2.56. The van der Waals surface area contributed by atoms with E-state index in [2.05, 4.69) is 38.1 Å². The van der Waals surface area contributed by atoms with Crippen LogP contribution in [0.4, 0.5) is 5.69 Å². The van der Waals surface area contributed by atoms with Crippen molar-refractivity contribution in [3.05, 3.63) is 45.8 Å². The van der Waals surface area contributed by atoms with E-state index >= 15 is 0 Å². The van der Waals surface area contributed by atoms with Crippen LogP contribution < -0.4 is 5.32 Å². The zero-order valence-electron chi connectivity index (χ0n) is 7.70. The highest BCUT2D eigenvalue weighted by Crippen LogP contribution is 2.09. The normalized spacial score (nSPS) is 9.93. The maximum absolute atomic E-state index is 11.7. The Bertz CT molecular complexity index is 450. The number of nitrogens with zero attached hydrogens (tertiary/aromatic N) is 1. The van der Waals surface area contributed by atoms with Crippen molar-refractivity contribution in [2.45, 2.75) is 0 Å². The number of H-pyrrole nitrogens is 1. The van der Waals surface area contributed by atoms with Crippen LogP contribution in [0.5, 0.6) is 0 Å². The van der Waals surface area contributed by atoms with Gasteiger partial charge in [-0.05, 0) is 46.9 Å². The van der Waals surface area contributed by atoms with Gasteiger partial charge in [-0.15, -0.1) is 0 Å². The number of nitrogens with one attached hydrogen (secondary N) is 2. The summed E-state index contributed by atoms with van der Waals surface area (Å²) in [5.74, 6) is -0.132. The van der Waals surface area contributed by atoms with Crippen LogP contribution in [0.2, 0.25) is 0 Å². The van der Waals surface area contributed by atoms with Crippen molar-refractivity contribution >= 4 is 34.2 Å². The molecular weight excluding hydrogens is 305 g/mol. The van der Waals surface area contributed by atoms with Gasteiger partial charge in [-0.2, -0.15) is 5.10 Å². The van der Waals surface area contributed by atoms with E-state index in [4.69, 9.17) is 0 Å². The monoisotopic (exact) mass is 313 g/mol. The fourth-order valence-electron chi connectivity index (χ4n) is 1.12. The number of rotatable bonds is 2. The van der Waals surface area contributed by atoms with Gasteiger partial charge in [0.25, 0.3) is 5.91 Å². The summed E-state index contributed by atoms with van der Waals surface area (Å²) in [7, 11) is 0. The number of hydrogen-bond acceptors (Lipinski definition) is 2. The average molecular weight is 313 g/mol. The Labute approximate surface area is 100 Å². The summed E-state index contributed by atoms with van der Waals surface area (Å²) < 4.78 is 1.10. The molecule has 0 saturated heterocycles. The smallest absolute Gasteiger partial charge is 0.255 e. The minimum Gasteiger partial charge on any atom is -0.319 e. The summed E-state index contributed by atoms with van der Waals surface area (Å²) in [4.78, 5) is 11.7. The van der Waals surface area contributed by atoms with Crippen LogP contribution in [-0.4, -0.2) is 16.1 Å². The number of carbonyl (C=O) groups excluding carboxylic acids is 1. The molecule has 1 amide bonds. The van der Waals surface area contributed by atoms with Crippen molar-refractivity contribution in [2.75, 3.05) is 5.32 Å². The molecule has 2 aromatic rings. The van der Waals surface area contributed by atoms with Gasteiger partial charge < -0.3 is 5.32 Å². The summed E-state index contributed by atoms with van der Waals surface area (Å²) in [5.41, 5.74) is 1.30. The first-order valence-electron chi connectivity index (χ1n) is 4.31. The molecule has 5 heteroatoms. The van der Waals surface area contributed by atoms with E-state index in [1.807, 2.05) is 12.1 Å². The number of amides is 1. The molecule has 0 unspecified atom stereocenters. The number of hydrogen-bond donors (Lipinski definition) is 2. The van der Waals surface area contributed by atoms with E-state index in [0.717, 1.165) is 3.57 Å². The molecule has 0 aliphatic carbocycles. The van der Waals surface area contributed by atoms with E-state index in [1.54, 1.807) is 24.5 Å². The van der Waals surface area contributed by atoms with Crippen molar-refractivity contribution in [3.63, 3.8) is 0 Å². The highest BCUT2D eigenvalue weighted by molar-refractivity contribution is 14.1. The van der Waals surface area contributed by atoms with Crippen LogP contribution in [0.15, 0.2) is 36.7 Å². The number of benzene rings is 1. The Hall–Kier alpha value is -1.37. The molecule has 0 bridgehead atoms. The quantitative estimate of drug-likeness (QED) is 0.836. The molecule has 1 heterocycles. The Morgan fingerprint density at radius 1 is 1.33 bits per heavy atom. The molecule has 15 heavy (non-hydrogen) atoms. The van der Waals surface area contributed by atoms with E-state index in [0.29, 0.717) is 11.3 Å². The highest BCUT2D eigenvalue weighted by Gasteiger charge is 2.05. The number of anilines is 1. The van der Waals surface area contributed by atoms with Gasteiger partial charge in [0.05, 0.1) is 11.9 Å². The fourth-order valence-corrected chi connectivity index (χ4v) is 1.48. The second-order valence-corrected chi connectivity index (χ2v) is 4.19. The van der Waals surface area contributed by atoms with Crippen molar-refractivity contribution in [3.8, 4) is 0 Å². The number of carbonyl (C=O) groups is 1. The molecule has 0 radical (unpaired) electrons. The largest absolute Gasteiger partial charge is 0.319 e. The first-order valence-corrected chi connectivity index (χ1v) is 5.39. The van der Waals surface area contributed by atoms with Crippen LogP contribution in [0.1, 0.15) is 10.4 Å². The Morgan fingerprint density at radius 3 is 2.67 bits per heavy atom. The molecule has 0 saturated carbocycles. The highest BCUT2D eigenvalue weighted by atomic mass is 127. The number of halogens is 1. The van der Waals surface area contributed by atoms with Crippen LogP contribution in [0.3, 0.4) is 0 Å². The van der Waals surface area contributed by atoms with Crippen LogP contribution >= 0.6 is 22.6 Å². The summed E-state index contributed by atoms with van der Waals surface area (Å²) in [6.45, 7) is 0. The Kier molecular flexibility index (Phi) is 3.00. The first-order chi connectivity index (χ1) is 7.25. The molecule has 2 N–H and O–H groups in total. The van der Waals surface area contributed by atoms with Gasteiger partial charge in [0.1, 0.15) is 0 Å². The third-order valence-corrected chi connectivity index (χ3v) is 2.58. The average Bonchev–Trinajstić information content (AvgIpc) is 2.71. The SMILES string of the molecule is O=C(Nc1cn[nH]c1)c1ccc(I)cc1. The molecule has 1 aromatic heterocycles. The lowest BCUT2D eigenvalue weighted by molar-refractivity contribution is 0.102. The van der Waals surface area contributed by atoms with Gasteiger partial charge in [0, 0.05) is 15.3 Å². The maximum atomic E-state index is 11.7. The molecule has 0 aliphatic heterocycles. The number of aromatic amines is 1. The van der Waals surface area contributed by atoms with Crippen molar-refractivity contribution in [2.24, 2.45) is 0 Å². The zero-order chi connectivity index (χ0) is 10.7. The Morgan fingerprint density at radius 2 is 2.07 bits per heavy atom. The minimum absolute atomic E-state index is 0.132. The van der Waals surface area contributed by atoms with Gasteiger partial charge in [-0.1, -0.05) is 0 Å². The van der Waals surface area contributed by atoms with Crippen molar-refractivity contribution in [1.29, 1.82) is 0 Å². The van der Waals surface area contributed by atoms with E-state index in [9.17, 15) is 4.79 Å². The lowest BCUT2D eigenvalue weighted by Gasteiger charge is -2.01. The van der Waals surface area contributed by atoms with E-state index in [-0.39, 0.29) is 5.91 Å². The zero-order valence-corrected chi connectivity index (χ0v) is 9.86. The molecule has 0 aliphatic rings. The van der Waals surface area contributed by atoms with Crippen molar-refractivity contribution < 1.29 is 4.79 Å². The predicted octanol–water partition coefficient (Wildman–Crippen LogP) is 2.27. The van der Waals surface area contributed by atoms with E-state index in [1.165, 1.54) is 0 Å². The molecular formula is C10H8IN3O. The second-order valence-electron chi connectivity index (χ2n) is 2.95. The van der Waals surface area contributed by atoms with Crippen LogP contribution in [0, 0.1) is 3.57 Å². The molecule has 76 valence electrons.